The smallest absolute Gasteiger partial charge is 0.330 e. The van der Waals surface area contributed by atoms with Crippen LogP contribution in [0.15, 0.2) is 21.9 Å². The molecular formula is C9H13IN2O5. The lowest BCUT2D eigenvalue weighted by molar-refractivity contribution is -0.0459. The maximum absolute atomic E-state index is 11.4. The Kier molecular flexibility index (Phi) is 4.86. The number of aromatic amines is 1. The standard InChI is InChI=1S/C9H12N2O5.HI/c12-4-6-5(13)3-8(16-6)11-2-1-7(14)10-9(11)15;/h1-2,5-6,8,12-13H,3-4H2,(H,10,14,15);1H/t5-,6+,8+;/m0./s1. The van der Waals surface area contributed by atoms with Gasteiger partial charge in [-0.15, -0.1) is 24.0 Å². The van der Waals surface area contributed by atoms with Gasteiger partial charge in [-0.05, 0) is 0 Å². The zero-order valence-corrected chi connectivity index (χ0v) is 11.1. The number of nitrogens with one attached hydrogen (secondary N) is 1. The second kappa shape index (κ2) is 5.76. The second-order valence-electron chi connectivity index (χ2n) is 3.63. The van der Waals surface area contributed by atoms with Gasteiger partial charge in [-0.1, -0.05) is 0 Å². The molecule has 0 bridgehead atoms. The first-order valence-electron chi connectivity index (χ1n) is 4.87. The fourth-order valence-electron chi connectivity index (χ4n) is 1.70. The summed E-state index contributed by atoms with van der Waals surface area (Å²) in [6, 6.07) is 1.20. The fraction of sp³-hybridized carbons (Fsp3) is 0.556. The van der Waals surface area contributed by atoms with Crippen LogP contribution in [0.3, 0.4) is 0 Å². The van der Waals surface area contributed by atoms with Crippen molar-refractivity contribution >= 4 is 24.0 Å². The summed E-state index contributed by atoms with van der Waals surface area (Å²) in [6.45, 7) is -0.310. The second-order valence-corrected chi connectivity index (χ2v) is 3.63. The van der Waals surface area contributed by atoms with Gasteiger partial charge in [0.1, 0.15) is 12.3 Å². The first kappa shape index (κ1) is 14.4. The van der Waals surface area contributed by atoms with Gasteiger partial charge in [0.25, 0.3) is 5.56 Å². The van der Waals surface area contributed by atoms with Crippen molar-refractivity contribution in [3.63, 3.8) is 0 Å². The van der Waals surface area contributed by atoms with Crippen molar-refractivity contribution in [1.82, 2.24) is 9.55 Å². The minimum Gasteiger partial charge on any atom is -0.394 e. The van der Waals surface area contributed by atoms with E-state index in [0.717, 1.165) is 0 Å². The molecular weight excluding hydrogens is 343 g/mol. The van der Waals surface area contributed by atoms with Crippen molar-refractivity contribution < 1.29 is 14.9 Å². The van der Waals surface area contributed by atoms with Crippen molar-refractivity contribution in [2.24, 2.45) is 0 Å². The third-order valence-electron chi connectivity index (χ3n) is 2.55. The fourth-order valence-corrected chi connectivity index (χ4v) is 1.70. The molecule has 1 aromatic rings. The molecule has 1 fully saturated rings. The van der Waals surface area contributed by atoms with E-state index in [1.165, 1.54) is 16.8 Å². The van der Waals surface area contributed by atoms with E-state index in [9.17, 15) is 14.7 Å². The molecule has 17 heavy (non-hydrogen) atoms. The number of hydrogen-bond donors (Lipinski definition) is 3. The van der Waals surface area contributed by atoms with Crippen LogP contribution in [-0.2, 0) is 4.74 Å². The van der Waals surface area contributed by atoms with Crippen molar-refractivity contribution in [3.05, 3.63) is 33.1 Å². The van der Waals surface area contributed by atoms with Crippen LogP contribution in [0.2, 0.25) is 0 Å². The lowest BCUT2D eigenvalue weighted by Gasteiger charge is -2.13. The molecule has 1 aliphatic rings. The lowest BCUT2D eigenvalue weighted by Crippen LogP contribution is -2.31. The molecule has 3 N–H and O–H groups in total. The van der Waals surface area contributed by atoms with Crippen LogP contribution in [0.25, 0.3) is 0 Å². The summed E-state index contributed by atoms with van der Waals surface area (Å²) in [6.07, 6.45) is -0.649. The number of H-pyrrole nitrogens is 1. The molecule has 2 rings (SSSR count). The van der Waals surface area contributed by atoms with Crippen LogP contribution in [0.5, 0.6) is 0 Å². The van der Waals surface area contributed by atoms with E-state index in [-0.39, 0.29) is 37.0 Å². The highest BCUT2D eigenvalue weighted by molar-refractivity contribution is 14.0. The van der Waals surface area contributed by atoms with Crippen LogP contribution in [0.4, 0.5) is 0 Å². The predicted molar refractivity (Wildman–Crippen MR) is 68.4 cm³/mol. The van der Waals surface area contributed by atoms with Gasteiger partial charge in [0, 0.05) is 18.7 Å². The number of hydrogen-bond acceptors (Lipinski definition) is 5. The Morgan fingerprint density at radius 1 is 1.53 bits per heavy atom. The number of halogens is 1. The molecule has 0 amide bonds. The van der Waals surface area contributed by atoms with Gasteiger partial charge < -0.3 is 14.9 Å². The lowest BCUT2D eigenvalue weighted by atomic mass is 10.2. The number of aliphatic hydroxyl groups excluding tert-OH is 2. The number of nitrogens with zero attached hydrogens (tertiary/aromatic N) is 1. The van der Waals surface area contributed by atoms with Crippen LogP contribution in [0, 0.1) is 0 Å². The summed E-state index contributed by atoms with van der Waals surface area (Å²) in [7, 11) is 0. The van der Waals surface area contributed by atoms with Gasteiger partial charge in [0.15, 0.2) is 0 Å². The molecule has 96 valence electrons. The summed E-state index contributed by atoms with van der Waals surface area (Å²) in [5, 5.41) is 18.4. The molecule has 0 saturated carbocycles. The average molecular weight is 356 g/mol. The zero-order chi connectivity index (χ0) is 11.7. The van der Waals surface area contributed by atoms with E-state index in [4.69, 9.17) is 9.84 Å². The summed E-state index contributed by atoms with van der Waals surface area (Å²) in [5.41, 5.74) is -1.08. The molecule has 0 unspecified atom stereocenters. The summed E-state index contributed by atoms with van der Waals surface area (Å²) in [4.78, 5) is 24.3. The van der Waals surface area contributed by atoms with Gasteiger partial charge in [-0.25, -0.2) is 4.79 Å². The van der Waals surface area contributed by atoms with Crippen molar-refractivity contribution in [1.29, 1.82) is 0 Å². The highest BCUT2D eigenvalue weighted by Gasteiger charge is 2.34. The normalized spacial score (nSPS) is 27.8. The maximum Gasteiger partial charge on any atom is 0.330 e. The van der Waals surface area contributed by atoms with Gasteiger partial charge >= 0.3 is 5.69 Å². The van der Waals surface area contributed by atoms with E-state index < -0.39 is 29.7 Å². The Morgan fingerprint density at radius 2 is 2.24 bits per heavy atom. The highest BCUT2D eigenvalue weighted by Crippen LogP contribution is 2.26. The Morgan fingerprint density at radius 3 is 2.76 bits per heavy atom. The minimum atomic E-state index is -0.811. The number of aromatic nitrogens is 2. The van der Waals surface area contributed by atoms with Gasteiger partial charge in [-0.2, -0.15) is 0 Å². The van der Waals surface area contributed by atoms with Crippen molar-refractivity contribution in [2.75, 3.05) is 6.61 Å². The average Bonchev–Trinajstić information content (AvgIpc) is 2.59. The summed E-state index contributed by atoms with van der Waals surface area (Å²) >= 11 is 0. The Hall–Kier alpha value is -0.710. The molecule has 8 heteroatoms. The van der Waals surface area contributed by atoms with E-state index in [1.807, 2.05) is 0 Å². The summed E-state index contributed by atoms with van der Waals surface area (Å²) in [5.74, 6) is 0. The highest BCUT2D eigenvalue weighted by atomic mass is 127. The van der Waals surface area contributed by atoms with Gasteiger partial charge in [-0.3, -0.25) is 14.3 Å². The summed E-state index contributed by atoms with van der Waals surface area (Å²) < 4.78 is 6.45. The van der Waals surface area contributed by atoms with Crippen molar-refractivity contribution in [3.8, 4) is 0 Å². The van der Waals surface area contributed by atoms with E-state index >= 15 is 0 Å². The minimum absolute atomic E-state index is 0. The molecule has 3 atom stereocenters. The SMILES string of the molecule is I.O=c1ccn([C@H]2C[C@H](O)[C@@H](CO)O2)c(=O)[nH]1. The molecule has 1 aliphatic heterocycles. The Labute approximate surface area is 113 Å². The quantitative estimate of drug-likeness (QED) is 0.578. The van der Waals surface area contributed by atoms with Crippen LogP contribution < -0.4 is 11.2 Å². The van der Waals surface area contributed by atoms with Crippen molar-refractivity contribution in [2.45, 2.75) is 24.9 Å². The molecule has 0 spiro atoms. The largest absolute Gasteiger partial charge is 0.394 e. The monoisotopic (exact) mass is 356 g/mol. The van der Waals surface area contributed by atoms with Crippen LogP contribution >= 0.6 is 24.0 Å². The third kappa shape index (κ3) is 2.94. The Balaban J connectivity index is 0.00000144. The first-order valence-corrected chi connectivity index (χ1v) is 4.87. The molecule has 0 radical (unpaired) electrons. The van der Waals surface area contributed by atoms with E-state index in [0.29, 0.717) is 0 Å². The number of aliphatic hydroxyl groups is 2. The molecule has 7 nitrogen and oxygen atoms in total. The topological polar surface area (TPSA) is 105 Å². The van der Waals surface area contributed by atoms with E-state index in [1.54, 1.807) is 0 Å². The number of rotatable bonds is 2. The van der Waals surface area contributed by atoms with E-state index in [2.05, 4.69) is 4.98 Å². The van der Waals surface area contributed by atoms with Gasteiger partial charge in [0.2, 0.25) is 0 Å². The maximum atomic E-state index is 11.4. The molecule has 0 aromatic carbocycles. The molecule has 1 saturated heterocycles. The first-order chi connectivity index (χ1) is 7.61. The van der Waals surface area contributed by atoms with Gasteiger partial charge in [0.05, 0.1) is 12.7 Å². The molecule has 2 heterocycles. The predicted octanol–water partition coefficient (Wildman–Crippen LogP) is -1.20. The van der Waals surface area contributed by atoms with Crippen LogP contribution in [0.1, 0.15) is 12.6 Å². The third-order valence-corrected chi connectivity index (χ3v) is 2.55. The molecule has 1 aromatic heterocycles. The van der Waals surface area contributed by atoms with Crippen LogP contribution in [-0.4, -0.2) is 38.6 Å². The Bertz CT molecular complexity index is 485. The zero-order valence-electron chi connectivity index (χ0n) is 8.78. The number of ether oxygens (including phenoxy) is 1. The molecule has 0 aliphatic carbocycles.